The Hall–Kier alpha value is -2.26. The van der Waals surface area contributed by atoms with Gasteiger partial charge in [0.2, 0.25) is 10.0 Å². The molecule has 0 spiro atoms. The van der Waals surface area contributed by atoms with Crippen LogP contribution in [0.25, 0.3) is 0 Å². The van der Waals surface area contributed by atoms with Crippen molar-refractivity contribution in [1.82, 2.24) is 4.72 Å². The Morgan fingerprint density at radius 2 is 1.76 bits per heavy atom. The Kier molecular flexibility index (Phi) is 4.61. The van der Waals surface area contributed by atoms with Gasteiger partial charge in [-0.3, -0.25) is 0 Å². The van der Waals surface area contributed by atoms with Gasteiger partial charge in [-0.2, -0.15) is 0 Å². The Morgan fingerprint density at radius 1 is 1.08 bits per heavy atom. The van der Waals surface area contributed by atoms with Crippen LogP contribution in [0.4, 0.5) is 13.2 Å². The van der Waals surface area contributed by atoms with E-state index in [2.05, 4.69) is 9.46 Å². The first-order valence-electron chi connectivity index (χ1n) is 7.35. The fourth-order valence-corrected chi connectivity index (χ4v) is 3.98. The summed E-state index contributed by atoms with van der Waals surface area (Å²) >= 11 is 0. The van der Waals surface area contributed by atoms with Gasteiger partial charge < -0.3 is 9.47 Å². The van der Waals surface area contributed by atoms with E-state index in [1.807, 2.05) is 0 Å². The highest BCUT2D eigenvalue weighted by Crippen LogP contribution is 2.34. The molecule has 5 nitrogen and oxygen atoms in total. The van der Waals surface area contributed by atoms with Gasteiger partial charge in [0, 0.05) is 12.0 Å². The molecule has 9 heteroatoms. The van der Waals surface area contributed by atoms with E-state index in [0.717, 1.165) is 12.1 Å². The maximum atomic E-state index is 12.6. The zero-order chi connectivity index (χ0) is 18.1. The standard InChI is InChI=1S/C16H14F3NO4S/c17-16(18,19)24-14-7-3-4-8-15(14)25(21,22)20-12-9-10-23-13-6-2-1-5-11(12)13/h1-8,12,20H,9-10H2/t12-/m1/s1. The Balaban J connectivity index is 1.92. The van der Waals surface area contributed by atoms with Crippen LogP contribution in [0.1, 0.15) is 18.0 Å². The third-order valence-corrected chi connectivity index (χ3v) is 5.13. The van der Waals surface area contributed by atoms with Crippen LogP contribution in [0.2, 0.25) is 0 Å². The average Bonchev–Trinajstić information content (AvgIpc) is 2.54. The van der Waals surface area contributed by atoms with Crippen molar-refractivity contribution >= 4 is 10.0 Å². The summed E-state index contributed by atoms with van der Waals surface area (Å²) in [4.78, 5) is -0.573. The number of rotatable bonds is 4. The number of para-hydroxylation sites is 2. The first kappa shape index (κ1) is 17.6. The van der Waals surface area contributed by atoms with Gasteiger partial charge in [0.25, 0.3) is 0 Å². The Bertz CT molecular complexity index is 868. The molecule has 2 aromatic rings. The lowest BCUT2D eigenvalue weighted by atomic mass is 10.0. The molecule has 2 aromatic carbocycles. The van der Waals surface area contributed by atoms with Crippen LogP contribution in [0.3, 0.4) is 0 Å². The molecule has 1 N–H and O–H groups in total. The summed E-state index contributed by atoms with van der Waals surface area (Å²) in [6, 6.07) is 10.9. The van der Waals surface area contributed by atoms with Crippen LogP contribution in [0.15, 0.2) is 53.4 Å². The second kappa shape index (κ2) is 6.57. The molecule has 1 aliphatic rings. The van der Waals surface area contributed by atoms with Crippen LogP contribution in [0.5, 0.6) is 11.5 Å². The molecule has 0 saturated carbocycles. The van der Waals surface area contributed by atoms with Crippen molar-refractivity contribution in [2.75, 3.05) is 6.61 Å². The van der Waals surface area contributed by atoms with Gasteiger partial charge in [-0.05, 0) is 18.2 Å². The van der Waals surface area contributed by atoms with Gasteiger partial charge in [0.05, 0.1) is 12.6 Å². The van der Waals surface area contributed by atoms with E-state index < -0.39 is 33.1 Å². The van der Waals surface area contributed by atoms with Crippen molar-refractivity contribution < 1.29 is 31.1 Å². The number of ether oxygens (including phenoxy) is 2. The molecule has 0 aromatic heterocycles. The summed E-state index contributed by atoms with van der Waals surface area (Å²) in [6.45, 7) is 0.297. The van der Waals surface area contributed by atoms with Crippen LogP contribution < -0.4 is 14.2 Å². The van der Waals surface area contributed by atoms with Crippen molar-refractivity contribution in [2.45, 2.75) is 23.7 Å². The summed E-state index contributed by atoms with van der Waals surface area (Å²) in [6.07, 6.45) is -4.63. The SMILES string of the molecule is O=S(=O)(N[C@@H]1CCOc2ccccc21)c1ccccc1OC(F)(F)F. The molecule has 0 bridgehead atoms. The number of hydrogen-bond acceptors (Lipinski definition) is 4. The second-order valence-electron chi connectivity index (χ2n) is 5.34. The molecule has 1 heterocycles. The highest BCUT2D eigenvalue weighted by Gasteiger charge is 2.35. The van der Waals surface area contributed by atoms with Crippen molar-refractivity contribution in [1.29, 1.82) is 0 Å². The lowest BCUT2D eigenvalue weighted by Gasteiger charge is -2.26. The topological polar surface area (TPSA) is 64.6 Å². The van der Waals surface area contributed by atoms with E-state index in [1.54, 1.807) is 24.3 Å². The first-order chi connectivity index (χ1) is 11.8. The fourth-order valence-electron chi connectivity index (χ4n) is 2.60. The largest absolute Gasteiger partial charge is 0.573 e. The van der Waals surface area contributed by atoms with Gasteiger partial charge in [-0.1, -0.05) is 30.3 Å². The maximum absolute atomic E-state index is 12.6. The zero-order valence-corrected chi connectivity index (χ0v) is 13.6. The monoisotopic (exact) mass is 373 g/mol. The minimum atomic E-state index is -4.99. The lowest BCUT2D eigenvalue weighted by molar-refractivity contribution is -0.275. The van der Waals surface area contributed by atoms with Gasteiger partial charge >= 0.3 is 6.36 Å². The van der Waals surface area contributed by atoms with Crippen molar-refractivity contribution in [3.8, 4) is 11.5 Å². The van der Waals surface area contributed by atoms with Gasteiger partial charge in [-0.25, -0.2) is 13.1 Å². The molecule has 3 rings (SSSR count). The molecule has 1 aliphatic heterocycles. The molecule has 0 radical (unpaired) electrons. The number of sulfonamides is 1. The quantitative estimate of drug-likeness (QED) is 0.892. The van der Waals surface area contributed by atoms with Gasteiger partial charge in [0.15, 0.2) is 0 Å². The number of fused-ring (bicyclic) bond motifs is 1. The summed E-state index contributed by atoms with van der Waals surface area (Å²) in [5.41, 5.74) is 0.631. The first-order valence-corrected chi connectivity index (χ1v) is 8.83. The van der Waals surface area contributed by atoms with Crippen LogP contribution in [0, 0.1) is 0 Å². The van der Waals surface area contributed by atoms with E-state index in [0.29, 0.717) is 24.3 Å². The maximum Gasteiger partial charge on any atom is 0.573 e. The number of benzene rings is 2. The molecule has 25 heavy (non-hydrogen) atoms. The third-order valence-electron chi connectivity index (χ3n) is 3.62. The fraction of sp³-hybridized carbons (Fsp3) is 0.250. The van der Waals surface area contributed by atoms with E-state index >= 15 is 0 Å². The summed E-state index contributed by atoms with van der Waals surface area (Å²) in [5.74, 6) is -0.232. The van der Waals surface area contributed by atoms with Crippen LogP contribution in [-0.4, -0.2) is 21.4 Å². The molecule has 0 unspecified atom stereocenters. The smallest absolute Gasteiger partial charge is 0.493 e. The molecule has 0 fully saturated rings. The number of hydrogen-bond donors (Lipinski definition) is 1. The van der Waals surface area contributed by atoms with Crippen LogP contribution >= 0.6 is 0 Å². The Morgan fingerprint density at radius 3 is 2.52 bits per heavy atom. The van der Waals surface area contributed by atoms with E-state index in [-0.39, 0.29) is 0 Å². The summed E-state index contributed by atoms with van der Waals surface area (Å²) in [5, 5.41) is 0. The van der Waals surface area contributed by atoms with Gasteiger partial charge in [-0.15, -0.1) is 13.2 Å². The minimum Gasteiger partial charge on any atom is -0.493 e. The van der Waals surface area contributed by atoms with Crippen molar-refractivity contribution in [3.05, 3.63) is 54.1 Å². The average molecular weight is 373 g/mol. The summed E-state index contributed by atoms with van der Waals surface area (Å²) in [7, 11) is -4.24. The molecule has 0 aliphatic carbocycles. The predicted octanol–water partition coefficient (Wildman–Crippen LogP) is 3.39. The third kappa shape index (κ3) is 4.05. The highest BCUT2D eigenvalue weighted by molar-refractivity contribution is 7.89. The number of halogens is 3. The highest BCUT2D eigenvalue weighted by atomic mass is 32.2. The lowest BCUT2D eigenvalue weighted by Crippen LogP contribution is -2.32. The van der Waals surface area contributed by atoms with Crippen LogP contribution in [-0.2, 0) is 10.0 Å². The van der Waals surface area contributed by atoms with E-state index in [4.69, 9.17) is 4.74 Å². The second-order valence-corrected chi connectivity index (χ2v) is 7.03. The van der Waals surface area contributed by atoms with E-state index in [1.165, 1.54) is 12.1 Å². The number of nitrogens with one attached hydrogen (secondary N) is 1. The molecular formula is C16H14F3NO4S. The normalized spacial score (nSPS) is 17.5. The van der Waals surface area contributed by atoms with Crippen molar-refractivity contribution in [3.63, 3.8) is 0 Å². The number of alkyl halides is 3. The minimum absolute atomic E-state index is 0.297. The van der Waals surface area contributed by atoms with E-state index in [9.17, 15) is 21.6 Å². The molecular weight excluding hydrogens is 359 g/mol. The van der Waals surface area contributed by atoms with Gasteiger partial charge in [0.1, 0.15) is 16.4 Å². The Labute approximate surface area is 142 Å². The van der Waals surface area contributed by atoms with Crippen molar-refractivity contribution in [2.24, 2.45) is 0 Å². The predicted molar refractivity (Wildman–Crippen MR) is 82.7 cm³/mol. The molecule has 1 atom stereocenters. The molecule has 0 amide bonds. The molecule has 134 valence electrons. The summed E-state index contributed by atoms with van der Waals surface area (Å²) < 4.78 is 74.5. The molecule has 0 saturated heterocycles. The zero-order valence-electron chi connectivity index (χ0n) is 12.8.